The summed E-state index contributed by atoms with van der Waals surface area (Å²) >= 11 is 0. The van der Waals surface area contributed by atoms with Crippen molar-refractivity contribution >= 4 is 19.9 Å². The van der Waals surface area contributed by atoms with Crippen LogP contribution in [-0.2, 0) is 19.9 Å². The normalized spacial score (nSPS) is 12.5. The van der Waals surface area contributed by atoms with E-state index in [0.29, 0.717) is 0 Å². The zero-order valence-electron chi connectivity index (χ0n) is 9.52. The van der Waals surface area contributed by atoms with Crippen LogP contribution in [-0.4, -0.2) is 27.1 Å². The van der Waals surface area contributed by atoms with Gasteiger partial charge in [0.1, 0.15) is 5.03 Å². The van der Waals surface area contributed by atoms with Crippen molar-refractivity contribution in [1.29, 1.82) is 0 Å². The van der Waals surface area contributed by atoms with E-state index in [0.717, 1.165) is 10.2 Å². The first-order valence-corrected chi connectivity index (χ1v) is 8.35. The van der Waals surface area contributed by atoms with E-state index >= 15 is 0 Å². The van der Waals surface area contributed by atoms with Crippen molar-refractivity contribution in [2.75, 3.05) is 6.26 Å². The SMILES string of the molecule is CS(=O)(=O)c1cccn1S(=O)(=O)c1ccccc1. The van der Waals surface area contributed by atoms with Crippen LogP contribution in [0.3, 0.4) is 0 Å². The molecule has 2 rings (SSSR count). The molecule has 0 saturated heterocycles. The molecule has 18 heavy (non-hydrogen) atoms. The minimum absolute atomic E-state index is 0.0473. The van der Waals surface area contributed by atoms with E-state index in [1.165, 1.54) is 30.5 Å². The Balaban J connectivity index is 2.68. The molecule has 0 saturated carbocycles. The molecular formula is C11H11NO4S2. The van der Waals surface area contributed by atoms with Crippen LogP contribution in [0.2, 0.25) is 0 Å². The lowest BCUT2D eigenvalue weighted by molar-refractivity contribution is 0.574. The first-order chi connectivity index (χ1) is 8.33. The highest BCUT2D eigenvalue weighted by atomic mass is 32.2. The van der Waals surface area contributed by atoms with Gasteiger partial charge in [-0.25, -0.2) is 20.8 Å². The summed E-state index contributed by atoms with van der Waals surface area (Å²) in [5, 5.41) is -0.244. The molecule has 2 aromatic rings. The Morgan fingerprint density at radius 2 is 1.50 bits per heavy atom. The lowest BCUT2D eigenvalue weighted by atomic mass is 10.4. The molecule has 1 aromatic carbocycles. The van der Waals surface area contributed by atoms with Crippen LogP contribution >= 0.6 is 0 Å². The van der Waals surface area contributed by atoms with Gasteiger partial charge in [0.15, 0.2) is 9.84 Å². The monoisotopic (exact) mass is 285 g/mol. The molecule has 1 aromatic heterocycles. The predicted molar refractivity (Wildman–Crippen MR) is 66.6 cm³/mol. The minimum Gasteiger partial charge on any atom is -0.231 e. The van der Waals surface area contributed by atoms with Crippen LogP contribution in [0.4, 0.5) is 0 Å². The molecule has 0 bridgehead atoms. The Morgan fingerprint density at radius 1 is 0.889 bits per heavy atom. The van der Waals surface area contributed by atoms with Crippen molar-refractivity contribution in [3.63, 3.8) is 0 Å². The van der Waals surface area contributed by atoms with Crippen molar-refractivity contribution in [2.45, 2.75) is 9.92 Å². The van der Waals surface area contributed by atoms with Gasteiger partial charge in [-0.1, -0.05) is 18.2 Å². The summed E-state index contributed by atoms with van der Waals surface area (Å²) in [5.41, 5.74) is 0. The van der Waals surface area contributed by atoms with E-state index in [-0.39, 0.29) is 9.92 Å². The molecule has 0 aliphatic heterocycles. The van der Waals surface area contributed by atoms with Crippen molar-refractivity contribution in [1.82, 2.24) is 3.97 Å². The molecule has 0 unspecified atom stereocenters. The third-order valence-corrected chi connectivity index (χ3v) is 5.27. The molecule has 96 valence electrons. The molecule has 5 nitrogen and oxygen atoms in total. The zero-order valence-corrected chi connectivity index (χ0v) is 11.1. The number of sulfone groups is 1. The number of hydrogen-bond acceptors (Lipinski definition) is 4. The topological polar surface area (TPSA) is 73.2 Å². The van der Waals surface area contributed by atoms with Crippen LogP contribution in [0.15, 0.2) is 58.6 Å². The maximum Gasteiger partial charge on any atom is 0.268 e. The smallest absolute Gasteiger partial charge is 0.231 e. The average Bonchev–Trinajstić information content (AvgIpc) is 2.79. The molecule has 1 heterocycles. The fourth-order valence-corrected chi connectivity index (χ4v) is 4.21. The summed E-state index contributed by atoms with van der Waals surface area (Å²) in [6.45, 7) is 0. The van der Waals surface area contributed by atoms with Crippen molar-refractivity contribution in [3.8, 4) is 0 Å². The lowest BCUT2D eigenvalue weighted by Gasteiger charge is -2.08. The van der Waals surface area contributed by atoms with Gasteiger partial charge in [-0.2, -0.15) is 0 Å². The Kier molecular flexibility index (Phi) is 3.04. The van der Waals surface area contributed by atoms with E-state index in [9.17, 15) is 16.8 Å². The van der Waals surface area contributed by atoms with Gasteiger partial charge >= 0.3 is 0 Å². The van der Waals surface area contributed by atoms with Crippen molar-refractivity contribution in [2.24, 2.45) is 0 Å². The first-order valence-electron chi connectivity index (χ1n) is 5.01. The summed E-state index contributed by atoms with van der Waals surface area (Å²) < 4.78 is 48.3. The van der Waals surface area contributed by atoms with Gasteiger partial charge in [-0.15, -0.1) is 0 Å². The summed E-state index contributed by atoms with van der Waals surface area (Å²) in [7, 11) is -7.47. The van der Waals surface area contributed by atoms with Crippen LogP contribution < -0.4 is 0 Å². The van der Waals surface area contributed by atoms with Crippen LogP contribution in [0.25, 0.3) is 0 Å². The Morgan fingerprint density at radius 3 is 2.06 bits per heavy atom. The van der Waals surface area contributed by atoms with Gasteiger partial charge in [0.2, 0.25) is 0 Å². The first kappa shape index (κ1) is 12.8. The number of hydrogen-bond donors (Lipinski definition) is 0. The molecule has 0 radical (unpaired) electrons. The van der Waals surface area contributed by atoms with E-state index < -0.39 is 19.9 Å². The minimum atomic E-state index is -3.87. The van der Waals surface area contributed by atoms with Crippen molar-refractivity contribution < 1.29 is 16.8 Å². The van der Waals surface area contributed by atoms with Crippen LogP contribution in [0, 0.1) is 0 Å². The molecule has 0 aliphatic carbocycles. The van der Waals surface area contributed by atoms with Gasteiger partial charge in [0.05, 0.1) is 4.90 Å². The third kappa shape index (κ3) is 2.19. The standard InChI is InChI=1S/C11H11NO4S2/c1-17(13,14)11-8-5-9-12(11)18(15,16)10-6-3-2-4-7-10/h2-9H,1H3. The summed E-state index contributed by atoms with van der Waals surface area (Å²) in [4.78, 5) is 0.0473. The van der Waals surface area contributed by atoms with Gasteiger partial charge in [0.25, 0.3) is 10.0 Å². The lowest BCUT2D eigenvalue weighted by Crippen LogP contribution is -2.17. The molecular weight excluding hydrogens is 274 g/mol. The number of rotatable bonds is 3. The largest absolute Gasteiger partial charge is 0.268 e. The summed E-state index contributed by atoms with van der Waals surface area (Å²) in [6.07, 6.45) is 2.19. The Hall–Kier alpha value is -1.60. The van der Waals surface area contributed by atoms with E-state index in [1.807, 2.05) is 0 Å². The van der Waals surface area contributed by atoms with Gasteiger partial charge in [-0.05, 0) is 24.3 Å². The molecule has 0 spiro atoms. The van der Waals surface area contributed by atoms with Gasteiger partial charge < -0.3 is 0 Å². The van der Waals surface area contributed by atoms with Crippen LogP contribution in [0.1, 0.15) is 0 Å². The highest BCUT2D eigenvalue weighted by Gasteiger charge is 2.23. The maximum absolute atomic E-state index is 12.3. The average molecular weight is 285 g/mol. The fourth-order valence-electron chi connectivity index (χ4n) is 1.54. The van der Waals surface area contributed by atoms with E-state index in [4.69, 9.17) is 0 Å². The van der Waals surface area contributed by atoms with Gasteiger partial charge in [-0.3, -0.25) is 0 Å². The highest BCUT2D eigenvalue weighted by molar-refractivity contribution is 7.93. The third-order valence-electron chi connectivity index (χ3n) is 2.36. The second-order valence-electron chi connectivity index (χ2n) is 3.73. The Bertz CT molecular complexity index is 758. The number of aromatic nitrogens is 1. The van der Waals surface area contributed by atoms with Crippen molar-refractivity contribution in [3.05, 3.63) is 48.7 Å². The number of nitrogens with zero attached hydrogens (tertiary/aromatic N) is 1. The molecule has 0 fully saturated rings. The van der Waals surface area contributed by atoms with Gasteiger partial charge in [0, 0.05) is 12.5 Å². The second-order valence-corrected chi connectivity index (χ2v) is 7.51. The zero-order chi connectivity index (χ0) is 13.4. The molecule has 0 amide bonds. The molecule has 0 N–H and O–H groups in total. The summed E-state index contributed by atoms with van der Waals surface area (Å²) in [6, 6.07) is 10.3. The second kappa shape index (κ2) is 4.25. The summed E-state index contributed by atoms with van der Waals surface area (Å²) in [5.74, 6) is 0. The highest BCUT2D eigenvalue weighted by Crippen LogP contribution is 2.19. The molecule has 0 atom stereocenters. The number of benzene rings is 1. The Labute approximate surface area is 106 Å². The quantitative estimate of drug-likeness (QED) is 0.847. The maximum atomic E-state index is 12.3. The van der Waals surface area contributed by atoms with Crippen LogP contribution in [0.5, 0.6) is 0 Å². The predicted octanol–water partition coefficient (Wildman–Crippen LogP) is 1.13. The molecule has 7 heteroatoms. The fraction of sp³-hybridized carbons (Fsp3) is 0.0909. The van der Waals surface area contributed by atoms with E-state index in [2.05, 4.69) is 0 Å². The molecule has 0 aliphatic rings. The van der Waals surface area contributed by atoms with E-state index in [1.54, 1.807) is 18.2 Å².